The standard InChI is InChI=1S/C12H16FN3O2/c1-16(12(18)10(14)6-11(15)17)7-8-4-2-3-5-9(8)13/h2-5,10H,6-7,14H2,1H3,(H2,15,17). The van der Waals surface area contributed by atoms with Gasteiger partial charge in [-0.25, -0.2) is 4.39 Å². The van der Waals surface area contributed by atoms with Crippen LogP contribution in [0.2, 0.25) is 0 Å². The lowest BCUT2D eigenvalue weighted by molar-refractivity contribution is -0.134. The van der Waals surface area contributed by atoms with Crippen molar-refractivity contribution < 1.29 is 14.0 Å². The highest BCUT2D eigenvalue weighted by molar-refractivity contribution is 5.87. The first kappa shape index (κ1) is 14.1. The Hall–Kier alpha value is -1.95. The number of likely N-dealkylation sites (N-methyl/N-ethyl adjacent to an activating group) is 1. The van der Waals surface area contributed by atoms with E-state index < -0.39 is 17.9 Å². The Morgan fingerprint density at radius 3 is 2.56 bits per heavy atom. The highest BCUT2D eigenvalue weighted by Crippen LogP contribution is 2.09. The third-order valence-electron chi connectivity index (χ3n) is 2.48. The second-order valence-corrected chi connectivity index (χ2v) is 4.06. The summed E-state index contributed by atoms with van der Waals surface area (Å²) < 4.78 is 13.4. The van der Waals surface area contributed by atoms with Gasteiger partial charge in [0, 0.05) is 19.2 Å². The smallest absolute Gasteiger partial charge is 0.240 e. The van der Waals surface area contributed by atoms with Gasteiger partial charge in [-0.1, -0.05) is 18.2 Å². The number of hydrogen-bond acceptors (Lipinski definition) is 3. The molecule has 1 aromatic carbocycles. The number of halogens is 1. The number of amides is 2. The number of nitrogens with two attached hydrogens (primary N) is 2. The van der Waals surface area contributed by atoms with Gasteiger partial charge in [0.05, 0.1) is 12.5 Å². The van der Waals surface area contributed by atoms with E-state index in [2.05, 4.69) is 0 Å². The van der Waals surface area contributed by atoms with Crippen molar-refractivity contribution in [3.05, 3.63) is 35.6 Å². The van der Waals surface area contributed by atoms with Gasteiger partial charge < -0.3 is 16.4 Å². The largest absolute Gasteiger partial charge is 0.370 e. The average molecular weight is 253 g/mol. The van der Waals surface area contributed by atoms with Crippen molar-refractivity contribution in [2.75, 3.05) is 7.05 Å². The first-order valence-corrected chi connectivity index (χ1v) is 5.44. The van der Waals surface area contributed by atoms with Crippen molar-refractivity contribution in [2.24, 2.45) is 11.5 Å². The van der Waals surface area contributed by atoms with Gasteiger partial charge in [0.15, 0.2) is 0 Å². The molecule has 1 atom stereocenters. The van der Waals surface area contributed by atoms with E-state index in [9.17, 15) is 14.0 Å². The van der Waals surface area contributed by atoms with E-state index in [-0.39, 0.29) is 18.8 Å². The molecule has 98 valence electrons. The SMILES string of the molecule is CN(Cc1ccccc1F)C(=O)C(N)CC(N)=O. The van der Waals surface area contributed by atoms with Crippen molar-refractivity contribution in [3.8, 4) is 0 Å². The van der Waals surface area contributed by atoms with Crippen LogP contribution in [0.1, 0.15) is 12.0 Å². The summed E-state index contributed by atoms with van der Waals surface area (Å²) in [5.74, 6) is -1.48. The molecule has 2 amide bonds. The summed E-state index contributed by atoms with van der Waals surface area (Å²) in [5.41, 5.74) is 10.9. The van der Waals surface area contributed by atoms with Gasteiger partial charge in [-0.2, -0.15) is 0 Å². The molecule has 0 saturated carbocycles. The van der Waals surface area contributed by atoms with Crippen LogP contribution in [-0.2, 0) is 16.1 Å². The Bertz CT molecular complexity index is 451. The van der Waals surface area contributed by atoms with Gasteiger partial charge in [-0.05, 0) is 6.07 Å². The fraction of sp³-hybridized carbons (Fsp3) is 0.333. The summed E-state index contributed by atoms with van der Waals surface area (Å²) in [6.07, 6.45) is -0.222. The highest BCUT2D eigenvalue weighted by atomic mass is 19.1. The quantitative estimate of drug-likeness (QED) is 0.773. The number of rotatable bonds is 5. The number of benzene rings is 1. The van der Waals surface area contributed by atoms with E-state index in [0.29, 0.717) is 5.56 Å². The van der Waals surface area contributed by atoms with E-state index >= 15 is 0 Å². The second kappa shape index (κ2) is 6.11. The normalized spacial score (nSPS) is 11.9. The molecule has 1 aromatic rings. The van der Waals surface area contributed by atoms with E-state index in [0.717, 1.165) is 0 Å². The van der Waals surface area contributed by atoms with Crippen molar-refractivity contribution in [1.29, 1.82) is 0 Å². The molecule has 1 rings (SSSR count). The molecule has 6 heteroatoms. The van der Waals surface area contributed by atoms with Crippen LogP contribution in [0.4, 0.5) is 4.39 Å². The summed E-state index contributed by atoms with van der Waals surface area (Å²) >= 11 is 0. The van der Waals surface area contributed by atoms with Crippen molar-refractivity contribution >= 4 is 11.8 Å². The second-order valence-electron chi connectivity index (χ2n) is 4.06. The Labute approximate surface area is 105 Å². The average Bonchev–Trinajstić information content (AvgIpc) is 2.30. The van der Waals surface area contributed by atoms with Gasteiger partial charge in [0.2, 0.25) is 11.8 Å². The van der Waals surface area contributed by atoms with Crippen LogP contribution in [0.5, 0.6) is 0 Å². The van der Waals surface area contributed by atoms with Crippen LogP contribution in [-0.4, -0.2) is 29.8 Å². The molecule has 1 unspecified atom stereocenters. The zero-order valence-electron chi connectivity index (χ0n) is 10.1. The lowest BCUT2D eigenvalue weighted by atomic mass is 10.1. The molecule has 5 nitrogen and oxygen atoms in total. The first-order chi connectivity index (χ1) is 8.41. The van der Waals surface area contributed by atoms with Crippen LogP contribution < -0.4 is 11.5 Å². The number of primary amides is 1. The van der Waals surface area contributed by atoms with Crippen LogP contribution in [0.3, 0.4) is 0 Å². The summed E-state index contributed by atoms with van der Waals surface area (Å²) in [5, 5.41) is 0. The lowest BCUT2D eigenvalue weighted by Gasteiger charge is -2.21. The van der Waals surface area contributed by atoms with Crippen LogP contribution in [0, 0.1) is 5.82 Å². The molecule has 4 N–H and O–H groups in total. The maximum Gasteiger partial charge on any atom is 0.240 e. The highest BCUT2D eigenvalue weighted by Gasteiger charge is 2.20. The number of hydrogen-bond donors (Lipinski definition) is 2. The van der Waals surface area contributed by atoms with Crippen molar-refractivity contribution in [3.63, 3.8) is 0 Å². The molecular formula is C12H16FN3O2. The molecular weight excluding hydrogens is 237 g/mol. The Kier molecular flexibility index (Phi) is 4.79. The molecule has 0 bridgehead atoms. The monoisotopic (exact) mass is 253 g/mol. The van der Waals surface area contributed by atoms with Gasteiger partial charge in [0.1, 0.15) is 5.82 Å². The van der Waals surface area contributed by atoms with Crippen LogP contribution >= 0.6 is 0 Å². The fourth-order valence-electron chi connectivity index (χ4n) is 1.55. The minimum absolute atomic E-state index is 0.0952. The predicted octanol–water partition coefficient (Wildman–Crippen LogP) is -0.0132. The Morgan fingerprint density at radius 1 is 1.39 bits per heavy atom. The molecule has 0 aromatic heterocycles. The van der Waals surface area contributed by atoms with E-state index in [4.69, 9.17) is 11.5 Å². The van der Waals surface area contributed by atoms with Crippen LogP contribution in [0.25, 0.3) is 0 Å². The molecule has 0 fully saturated rings. The minimum atomic E-state index is -0.987. The minimum Gasteiger partial charge on any atom is -0.370 e. The van der Waals surface area contributed by atoms with Crippen molar-refractivity contribution in [2.45, 2.75) is 19.0 Å². The third-order valence-corrected chi connectivity index (χ3v) is 2.48. The number of carbonyl (C=O) groups excluding carboxylic acids is 2. The summed E-state index contributed by atoms with van der Waals surface area (Å²) in [6, 6.07) is 5.16. The molecule has 0 aliphatic carbocycles. The molecule has 0 radical (unpaired) electrons. The number of carbonyl (C=O) groups is 2. The predicted molar refractivity (Wildman–Crippen MR) is 64.7 cm³/mol. The van der Waals surface area contributed by atoms with Gasteiger partial charge in [-0.15, -0.1) is 0 Å². The Morgan fingerprint density at radius 2 is 2.00 bits per heavy atom. The first-order valence-electron chi connectivity index (χ1n) is 5.44. The van der Waals surface area contributed by atoms with Gasteiger partial charge in [-0.3, -0.25) is 9.59 Å². The molecule has 0 spiro atoms. The van der Waals surface area contributed by atoms with Gasteiger partial charge >= 0.3 is 0 Å². The van der Waals surface area contributed by atoms with Crippen molar-refractivity contribution in [1.82, 2.24) is 4.90 Å². The zero-order chi connectivity index (χ0) is 13.7. The van der Waals surface area contributed by atoms with E-state index in [1.54, 1.807) is 18.2 Å². The topological polar surface area (TPSA) is 89.4 Å². The fourth-order valence-corrected chi connectivity index (χ4v) is 1.55. The maximum absolute atomic E-state index is 13.4. The van der Waals surface area contributed by atoms with E-state index in [1.165, 1.54) is 18.0 Å². The molecule has 0 saturated heterocycles. The van der Waals surface area contributed by atoms with Crippen LogP contribution in [0.15, 0.2) is 24.3 Å². The molecule has 18 heavy (non-hydrogen) atoms. The molecule has 0 aliphatic rings. The summed E-state index contributed by atoms with van der Waals surface area (Å²) in [6.45, 7) is 0.0952. The molecule has 0 heterocycles. The third kappa shape index (κ3) is 3.81. The summed E-state index contributed by atoms with van der Waals surface area (Å²) in [4.78, 5) is 23.7. The lowest BCUT2D eigenvalue weighted by Crippen LogP contribution is -2.43. The van der Waals surface area contributed by atoms with E-state index in [1.807, 2.05) is 0 Å². The number of nitrogens with zero attached hydrogens (tertiary/aromatic N) is 1. The Balaban J connectivity index is 2.65. The molecule has 0 aliphatic heterocycles. The van der Waals surface area contributed by atoms with Gasteiger partial charge in [0.25, 0.3) is 0 Å². The maximum atomic E-state index is 13.4. The summed E-state index contributed by atoms with van der Waals surface area (Å²) in [7, 11) is 1.50. The zero-order valence-corrected chi connectivity index (χ0v) is 10.1.